The third-order valence-corrected chi connectivity index (χ3v) is 10.2. The number of halogens is 1. The molecule has 5 aromatic rings. The number of hydrogen-bond donors (Lipinski definition) is 0. The van der Waals surface area contributed by atoms with Gasteiger partial charge in [0.25, 0.3) is 0 Å². The minimum Gasteiger partial charge on any atom is -0.489 e. The SMILES string of the molecule is Cc1ccc(N2CCC[C@H](N(Cc3ccnc(C)c3)Cc3cn(C4CC4)c4cc(OCCN(C)C(=O)OCc5ccccc5)c(F)cc4c3=O)C2)cn1. The van der Waals surface area contributed by atoms with Crippen LogP contribution in [0.3, 0.4) is 0 Å². The van der Waals surface area contributed by atoms with Crippen molar-refractivity contribution in [3.8, 4) is 5.75 Å². The highest BCUT2D eigenvalue weighted by Crippen LogP contribution is 2.38. The molecule has 0 N–H and O–H groups in total. The molecule has 1 aliphatic heterocycles. The summed E-state index contributed by atoms with van der Waals surface area (Å²) in [5.41, 5.74) is 6.19. The fourth-order valence-corrected chi connectivity index (χ4v) is 7.10. The van der Waals surface area contributed by atoms with Gasteiger partial charge in [0.15, 0.2) is 17.0 Å². The summed E-state index contributed by atoms with van der Waals surface area (Å²) < 4.78 is 29.1. The molecule has 2 aliphatic rings. The zero-order chi connectivity index (χ0) is 36.9. The van der Waals surface area contributed by atoms with Crippen LogP contribution in [0.1, 0.15) is 59.8 Å². The number of ether oxygens (including phenoxy) is 2. The van der Waals surface area contributed by atoms with E-state index in [1.54, 1.807) is 13.1 Å². The molecule has 1 atom stereocenters. The Morgan fingerprint density at radius 2 is 1.79 bits per heavy atom. The van der Waals surface area contributed by atoms with Crippen molar-refractivity contribution in [2.75, 3.05) is 38.2 Å². The summed E-state index contributed by atoms with van der Waals surface area (Å²) in [6.45, 7) is 7.26. The Morgan fingerprint density at radius 1 is 0.962 bits per heavy atom. The van der Waals surface area contributed by atoms with Crippen molar-refractivity contribution in [1.29, 1.82) is 0 Å². The Kier molecular flexibility index (Phi) is 11.0. The quantitative estimate of drug-likeness (QED) is 0.126. The Hall–Kier alpha value is -5.29. The van der Waals surface area contributed by atoms with Crippen LogP contribution in [0.4, 0.5) is 14.9 Å². The number of carbonyl (C=O) groups is 1. The smallest absolute Gasteiger partial charge is 0.409 e. The van der Waals surface area contributed by atoms with Gasteiger partial charge in [-0.25, -0.2) is 9.18 Å². The van der Waals surface area contributed by atoms with Crippen molar-refractivity contribution in [2.45, 2.75) is 71.3 Å². The standard InChI is InChI=1S/C42H47FN6O4/c1-29-11-12-35(23-45-29)47-17-7-10-36(27-47)48(24-32-15-16-44-30(2)20-32)25-33-26-49(34-13-14-34)39-22-40(38(43)21-37(39)41(33)50)52-19-18-46(3)42(51)53-28-31-8-5-4-6-9-31/h4-6,8-9,11-12,15-16,20-23,26,34,36H,7,10,13-14,17-19,24-25,27-28H2,1-3H3/t36-/m0/s1. The van der Waals surface area contributed by atoms with E-state index in [-0.39, 0.29) is 43.0 Å². The van der Waals surface area contributed by atoms with E-state index in [2.05, 4.69) is 36.5 Å². The van der Waals surface area contributed by atoms with Crippen LogP contribution in [0.15, 0.2) is 90.1 Å². The van der Waals surface area contributed by atoms with Crippen molar-refractivity contribution in [2.24, 2.45) is 0 Å². The molecule has 1 amide bonds. The van der Waals surface area contributed by atoms with Gasteiger partial charge in [0, 0.05) is 86.1 Å². The molecule has 2 aromatic carbocycles. The first-order valence-electron chi connectivity index (χ1n) is 18.5. The Morgan fingerprint density at radius 3 is 2.55 bits per heavy atom. The van der Waals surface area contributed by atoms with Gasteiger partial charge in [0.1, 0.15) is 13.2 Å². The number of nitrogens with zero attached hydrogens (tertiary/aromatic N) is 6. The number of benzene rings is 2. The van der Waals surface area contributed by atoms with Gasteiger partial charge < -0.3 is 23.8 Å². The number of anilines is 1. The molecule has 2 fully saturated rings. The predicted octanol–water partition coefficient (Wildman–Crippen LogP) is 7.20. The number of aryl methyl sites for hydroxylation is 2. The van der Waals surface area contributed by atoms with Crippen LogP contribution in [0, 0.1) is 19.7 Å². The van der Waals surface area contributed by atoms with E-state index >= 15 is 4.39 Å². The average Bonchev–Trinajstić information content (AvgIpc) is 4.02. The molecule has 11 heteroatoms. The lowest BCUT2D eigenvalue weighted by Crippen LogP contribution is -2.48. The number of rotatable bonds is 13. The van der Waals surface area contributed by atoms with Gasteiger partial charge in [0.2, 0.25) is 0 Å². The number of carbonyl (C=O) groups excluding carboxylic acids is 1. The van der Waals surface area contributed by atoms with Gasteiger partial charge >= 0.3 is 6.09 Å². The van der Waals surface area contributed by atoms with Crippen LogP contribution >= 0.6 is 0 Å². The lowest BCUT2D eigenvalue weighted by molar-refractivity contribution is 0.0992. The zero-order valence-corrected chi connectivity index (χ0v) is 30.7. The molecular weight excluding hydrogens is 671 g/mol. The highest BCUT2D eigenvalue weighted by atomic mass is 19.1. The lowest BCUT2D eigenvalue weighted by atomic mass is 10.0. The molecule has 0 spiro atoms. The van der Waals surface area contributed by atoms with E-state index < -0.39 is 11.9 Å². The molecule has 7 rings (SSSR count). The fraction of sp³-hybridized carbons (Fsp3) is 0.381. The maximum atomic E-state index is 15.7. The van der Waals surface area contributed by atoms with E-state index in [0.29, 0.717) is 29.6 Å². The van der Waals surface area contributed by atoms with E-state index in [0.717, 1.165) is 67.0 Å². The Balaban J connectivity index is 1.11. The maximum absolute atomic E-state index is 15.7. The number of fused-ring (bicyclic) bond motifs is 1. The third kappa shape index (κ3) is 8.85. The van der Waals surface area contributed by atoms with Gasteiger partial charge in [-0.15, -0.1) is 0 Å². The summed E-state index contributed by atoms with van der Waals surface area (Å²) in [5.74, 6) is -0.560. The molecule has 0 radical (unpaired) electrons. The topological polar surface area (TPSA) is 93.0 Å². The normalized spacial score (nSPS) is 15.9. The zero-order valence-electron chi connectivity index (χ0n) is 30.7. The summed E-state index contributed by atoms with van der Waals surface area (Å²) in [7, 11) is 1.61. The summed E-state index contributed by atoms with van der Waals surface area (Å²) in [6.07, 6.45) is 9.27. The minimum absolute atomic E-state index is 0.0488. The molecule has 0 bridgehead atoms. The highest BCUT2D eigenvalue weighted by Gasteiger charge is 2.30. The van der Waals surface area contributed by atoms with Crippen LogP contribution in [0.5, 0.6) is 5.75 Å². The van der Waals surface area contributed by atoms with Crippen molar-refractivity contribution >= 4 is 22.7 Å². The van der Waals surface area contributed by atoms with E-state index in [1.165, 1.54) is 11.0 Å². The van der Waals surface area contributed by atoms with Crippen molar-refractivity contribution < 1.29 is 18.7 Å². The minimum atomic E-state index is -0.609. The number of hydrogen-bond acceptors (Lipinski definition) is 8. The summed E-state index contributed by atoms with van der Waals surface area (Å²) in [4.78, 5) is 41.9. The fourth-order valence-electron chi connectivity index (χ4n) is 7.10. The second-order valence-corrected chi connectivity index (χ2v) is 14.3. The number of amides is 1. The van der Waals surface area contributed by atoms with Crippen molar-refractivity contribution in [3.05, 3.63) is 129 Å². The summed E-state index contributed by atoms with van der Waals surface area (Å²) in [5, 5.41) is 0.344. The predicted molar refractivity (Wildman–Crippen MR) is 204 cm³/mol. The molecule has 0 unspecified atom stereocenters. The Labute approximate surface area is 309 Å². The van der Waals surface area contributed by atoms with Gasteiger partial charge in [-0.1, -0.05) is 30.3 Å². The van der Waals surface area contributed by atoms with Crippen molar-refractivity contribution in [3.63, 3.8) is 0 Å². The van der Waals surface area contributed by atoms with Crippen LogP contribution in [0.25, 0.3) is 10.9 Å². The summed E-state index contributed by atoms with van der Waals surface area (Å²) in [6, 6.07) is 21.1. The van der Waals surface area contributed by atoms with Crippen LogP contribution < -0.4 is 15.1 Å². The van der Waals surface area contributed by atoms with E-state index in [4.69, 9.17) is 9.47 Å². The molecule has 276 valence electrons. The van der Waals surface area contributed by atoms with Crippen LogP contribution in [-0.4, -0.2) is 69.8 Å². The first-order valence-corrected chi connectivity index (χ1v) is 18.5. The van der Waals surface area contributed by atoms with Crippen LogP contribution in [-0.2, 0) is 24.4 Å². The maximum Gasteiger partial charge on any atom is 0.409 e. The first kappa shape index (κ1) is 36.1. The molecule has 1 saturated carbocycles. The number of aromatic nitrogens is 3. The third-order valence-electron chi connectivity index (χ3n) is 10.2. The van der Waals surface area contributed by atoms with Crippen LogP contribution in [0.2, 0.25) is 0 Å². The van der Waals surface area contributed by atoms with Crippen molar-refractivity contribution in [1.82, 2.24) is 24.3 Å². The second kappa shape index (κ2) is 16.2. The molecule has 3 aromatic heterocycles. The average molecular weight is 719 g/mol. The monoisotopic (exact) mass is 718 g/mol. The summed E-state index contributed by atoms with van der Waals surface area (Å²) >= 11 is 0. The molecule has 1 aliphatic carbocycles. The molecular formula is C42H47FN6O4. The van der Waals surface area contributed by atoms with E-state index in [9.17, 15) is 9.59 Å². The number of likely N-dealkylation sites (N-methyl/N-ethyl adjacent to an activating group) is 1. The molecule has 53 heavy (non-hydrogen) atoms. The number of pyridine rings is 3. The molecule has 10 nitrogen and oxygen atoms in total. The van der Waals surface area contributed by atoms with Gasteiger partial charge in [-0.2, -0.15) is 0 Å². The first-order chi connectivity index (χ1) is 25.7. The lowest BCUT2D eigenvalue weighted by Gasteiger charge is -2.40. The second-order valence-electron chi connectivity index (χ2n) is 14.3. The Bertz CT molecular complexity index is 2100. The van der Waals surface area contributed by atoms with Gasteiger partial charge in [-0.05, 0) is 81.0 Å². The van der Waals surface area contributed by atoms with Gasteiger partial charge in [-0.3, -0.25) is 19.7 Å². The highest BCUT2D eigenvalue weighted by molar-refractivity contribution is 5.81. The largest absolute Gasteiger partial charge is 0.489 e. The number of piperidine rings is 1. The molecule has 4 heterocycles. The van der Waals surface area contributed by atoms with Gasteiger partial charge in [0.05, 0.1) is 23.9 Å². The molecule has 1 saturated heterocycles. The van der Waals surface area contributed by atoms with E-state index in [1.807, 2.05) is 74.9 Å².